The molecule has 0 spiro atoms. The van der Waals surface area contributed by atoms with Crippen LogP contribution in [0.4, 0.5) is 0 Å². The van der Waals surface area contributed by atoms with Gasteiger partial charge in [0, 0.05) is 0 Å². The second-order valence-electron chi connectivity index (χ2n) is 11.4. The molecule has 0 aliphatic rings. The molecule has 0 aliphatic heterocycles. The normalized spacial score (nSPS) is 14.9. The van der Waals surface area contributed by atoms with E-state index in [0.29, 0.717) is 0 Å². The minimum Gasteiger partial charge on any atom is -0.0654 e. The highest BCUT2D eigenvalue weighted by molar-refractivity contribution is 4.63. The van der Waals surface area contributed by atoms with E-state index < -0.39 is 0 Å². The van der Waals surface area contributed by atoms with Crippen molar-refractivity contribution in [3.63, 3.8) is 0 Å². The van der Waals surface area contributed by atoms with Gasteiger partial charge in [0.2, 0.25) is 0 Å². The lowest BCUT2D eigenvalue weighted by molar-refractivity contribution is 0.322. The highest BCUT2D eigenvalue weighted by Crippen LogP contribution is 2.24. The summed E-state index contributed by atoms with van der Waals surface area (Å²) in [6, 6.07) is 0. The van der Waals surface area contributed by atoms with E-state index in [4.69, 9.17) is 0 Å². The van der Waals surface area contributed by atoms with Crippen LogP contribution in [0.1, 0.15) is 170 Å². The van der Waals surface area contributed by atoms with E-state index in [1.165, 1.54) is 128 Å². The molecule has 0 nitrogen and oxygen atoms in total. The van der Waals surface area contributed by atoms with E-state index >= 15 is 0 Å². The van der Waals surface area contributed by atoms with E-state index in [2.05, 4.69) is 41.5 Å². The maximum Gasteiger partial charge on any atom is -0.0417 e. The van der Waals surface area contributed by atoms with E-state index in [0.717, 1.165) is 23.7 Å². The molecule has 182 valence electrons. The zero-order valence-electron chi connectivity index (χ0n) is 22.5. The first kappa shape index (κ1) is 30.0. The summed E-state index contributed by atoms with van der Waals surface area (Å²) >= 11 is 0. The topological polar surface area (TPSA) is 0 Å². The van der Waals surface area contributed by atoms with Crippen LogP contribution < -0.4 is 0 Å². The van der Waals surface area contributed by atoms with Crippen molar-refractivity contribution < 1.29 is 0 Å². The Morgan fingerprint density at radius 2 is 0.733 bits per heavy atom. The van der Waals surface area contributed by atoms with Gasteiger partial charge in [0.25, 0.3) is 0 Å². The molecule has 0 amide bonds. The Balaban J connectivity index is 3.30. The zero-order valence-corrected chi connectivity index (χ0v) is 22.5. The molecule has 0 rings (SSSR count). The fraction of sp³-hybridized carbons (Fsp3) is 1.00. The number of rotatable bonds is 23. The second-order valence-corrected chi connectivity index (χ2v) is 11.4. The lowest BCUT2D eigenvalue weighted by Gasteiger charge is -2.19. The van der Waals surface area contributed by atoms with Crippen LogP contribution >= 0.6 is 0 Å². The van der Waals surface area contributed by atoms with Crippen LogP contribution in [-0.4, -0.2) is 0 Å². The molecule has 0 saturated carbocycles. The number of hydrogen-bond donors (Lipinski definition) is 0. The Bertz CT molecular complexity index is 318. The Hall–Kier alpha value is 0. The van der Waals surface area contributed by atoms with Gasteiger partial charge in [-0.15, -0.1) is 0 Å². The first-order valence-electron chi connectivity index (χ1n) is 14.5. The van der Waals surface area contributed by atoms with Crippen molar-refractivity contribution in [3.05, 3.63) is 0 Å². The third kappa shape index (κ3) is 21.2. The summed E-state index contributed by atoms with van der Waals surface area (Å²) in [6.07, 6.45) is 29.2. The molecule has 0 N–H and O–H groups in total. The van der Waals surface area contributed by atoms with Gasteiger partial charge >= 0.3 is 0 Å². The van der Waals surface area contributed by atoms with Gasteiger partial charge in [-0.2, -0.15) is 0 Å². The molecule has 0 aromatic carbocycles. The van der Waals surface area contributed by atoms with Crippen molar-refractivity contribution in [2.24, 2.45) is 23.7 Å². The quantitative estimate of drug-likeness (QED) is 0.144. The molecule has 0 fully saturated rings. The Morgan fingerprint density at radius 3 is 1.10 bits per heavy atom. The molecule has 0 bridgehead atoms. The van der Waals surface area contributed by atoms with Crippen LogP contribution in [0.2, 0.25) is 0 Å². The summed E-state index contributed by atoms with van der Waals surface area (Å²) in [7, 11) is 0. The molecule has 0 aromatic rings. The van der Waals surface area contributed by atoms with E-state index in [-0.39, 0.29) is 0 Å². The zero-order chi connectivity index (χ0) is 22.5. The minimum absolute atomic E-state index is 0.872. The second kappa shape index (κ2) is 22.2. The summed E-state index contributed by atoms with van der Waals surface area (Å²) in [6.45, 7) is 14.5. The van der Waals surface area contributed by atoms with Gasteiger partial charge in [-0.1, -0.05) is 164 Å². The lowest BCUT2D eigenvalue weighted by atomic mass is 9.86. The van der Waals surface area contributed by atoms with Crippen molar-refractivity contribution in [1.29, 1.82) is 0 Å². The molecule has 30 heavy (non-hydrogen) atoms. The largest absolute Gasteiger partial charge is 0.0654 e. The summed E-state index contributed by atoms with van der Waals surface area (Å²) in [5.74, 6) is 3.68. The monoisotopic (exact) mass is 422 g/mol. The van der Waals surface area contributed by atoms with Gasteiger partial charge in [0.1, 0.15) is 0 Å². The Labute approximate surface area is 193 Å². The van der Waals surface area contributed by atoms with Gasteiger partial charge in [-0.3, -0.25) is 0 Å². The molecule has 0 radical (unpaired) electrons. The van der Waals surface area contributed by atoms with Gasteiger partial charge in [-0.25, -0.2) is 0 Å². The van der Waals surface area contributed by atoms with Crippen molar-refractivity contribution in [2.45, 2.75) is 170 Å². The van der Waals surface area contributed by atoms with Crippen molar-refractivity contribution >= 4 is 0 Å². The van der Waals surface area contributed by atoms with E-state index in [9.17, 15) is 0 Å². The fourth-order valence-electron chi connectivity index (χ4n) is 5.11. The maximum absolute atomic E-state index is 2.50. The summed E-state index contributed by atoms with van der Waals surface area (Å²) in [5, 5.41) is 0. The molecule has 0 aliphatic carbocycles. The Kier molecular flexibility index (Phi) is 22.2. The average Bonchev–Trinajstić information content (AvgIpc) is 2.70. The van der Waals surface area contributed by atoms with E-state index in [1.54, 1.807) is 0 Å². The molecule has 3 atom stereocenters. The molecule has 0 heteroatoms. The number of hydrogen-bond acceptors (Lipinski definition) is 0. The minimum atomic E-state index is 0.872. The summed E-state index contributed by atoms with van der Waals surface area (Å²) in [4.78, 5) is 0. The SMILES string of the molecule is CCCCCCCC(C)C(C)CCCCCCCCCCCCCC(C)CC(C)C. The summed E-state index contributed by atoms with van der Waals surface area (Å²) < 4.78 is 0. The van der Waals surface area contributed by atoms with Crippen LogP contribution in [0, 0.1) is 23.7 Å². The van der Waals surface area contributed by atoms with Gasteiger partial charge < -0.3 is 0 Å². The number of unbranched alkanes of at least 4 members (excludes halogenated alkanes) is 14. The average molecular weight is 423 g/mol. The first-order valence-corrected chi connectivity index (χ1v) is 14.5. The van der Waals surface area contributed by atoms with Crippen LogP contribution in [0.15, 0.2) is 0 Å². The van der Waals surface area contributed by atoms with Crippen molar-refractivity contribution in [2.75, 3.05) is 0 Å². The first-order chi connectivity index (χ1) is 14.5. The molecular formula is C30H62. The molecule has 3 unspecified atom stereocenters. The van der Waals surface area contributed by atoms with Gasteiger partial charge in [-0.05, 0) is 30.1 Å². The predicted molar refractivity (Wildman–Crippen MR) is 140 cm³/mol. The maximum atomic E-state index is 2.50. The van der Waals surface area contributed by atoms with Gasteiger partial charge in [0.05, 0.1) is 0 Å². The van der Waals surface area contributed by atoms with Crippen LogP contribution in [-0.2, 0) is 0 Å². The highest BCUT2D eigenvalue weighted by Gasteiger charge is 2.11. The summed E-state index contributed by atoms with van der Waals surface area (Å²) in [5.41, 5.74) is 0. The third-order valence-electron chi connectivity index (χ3n) is 7.46. The predicted octanol–water partition coefficient (Wildman–Crippen LogP) is 11.4. The van der Waals surface area contributed by atoms with Crippen LogP contribution in [0.25, 0.3) is 0 Å². The molecule has 0 heterocycles. The fourth-order valence-corrected chi connectivity index (χ4v) is 5.11. The van der Waals surface area contributed by atoms with Crippen molar-refractivity contribution in [1.82, 2.24) is 0 Å². The highest BCUT2D eigenvalue weighted by atomic mass is 14.2. The molecular weight excluding hydrogens is 360 g/mol. The lowest BCUT2D eigenvalue weighted by Crippen LogP contribution is -2.08. The smallest absolute Gasteiger partial charge is 0.0417 e. The van der Waals surface area contributed by atoms with E-state index in [1.807, 2.05) is 0 Å². The standard InChI is InChI=1S/C30H62/c1-7-8-9-17-21-24-29(5)30(6)25-22-19-16-14-12-10-11-13-15-18-20-23-28(4)26-27(2)3/h27-30H,7-26H2,1-6H3. The Morgan fingerprint density at radius 1 is 0.400 bits per heavy atom. The van der Waals surface area contributed by atoms with Gasteiger partial charge in [0.15, 0.2) is 0 Å². The third-order valence-corrected chi connectivity index (χ3v) is 7.46. The molecule has 0 saturated heterocycles. The van der Waals surface area contributed by atoms with Crippen LogP contribution in [0.3, 0.4) is 0 Å². The molecule has 0 aromatic heterocycles. The van der Waals surface area contributed by atoms with Crippen molar-refractivity contribution in [3.8, 4) is 0 Å². The van der Waals surface area contributed by atoms with Crippen LogP contribution in [0.5, 0.6) is 0 Å².